The number of nitrogens with zero attached hydrogens (tertiary/aromatic N) is 2. The van der Waals surface area contributed by atoms with Crippen LogP contribution < -0.4 is 10.6 Å². The molecule has 108 valence electrons. The van der Waals surface area contributed by atoms with Crippen molar-refractivity contribution in [3.05, 3.63) is 18.5 Å². The molecule has 0 bridgehead atoms. The molecule has 1 aromatic heterocycles. The maximum atomic E-state index is 12.1. The quantitative estimate of drug-likeness (QED) is 0.874. The van der Waals surface area contributed by atoms with Crippen molar-refractivity contribution in [2.24, 2.45) is 5.92 Å². The zero-order chi connectivity index (χ0) is 13.0. The van der Waals surface area contributed by atoms with Gasteiger partial charge in [-0.1, -0.05) is 6.92 Å². The SMILES string of the molecule is CC1CCNC(C(=O)NC(C)Cn2cccn2)C1.Cl. The second-order valence-electron chi connectivity index (χ2n) is 5.27. The molecule has 3 unspecified atom stereocenters. The van der Waals surface area contributed by atoms with Gasteiger partial charge in [0, 0.05) is 18.4 Å². The highest BCUT2D eigenvalue weighted by molar-refractivity contribution is 5.85. The van der Waals surface area contributed by atoms with Gasteiger partial charge in [0.05, 0.1) is 12.6 Å². The first-order chi connectivity index (χ1) is 8.65. The van der Waals surface area contributed by atoms with Crippen LogP contribution in [-0.2, 0) is 11.3 Å². The molecule has 1 amide bonds. The summed E-state index contributed by atoms with van der Waals surface area (Å²) >= 11 is 0. The number of carbonyl (C=O) groups is 1. The summed E-state index contributed by atoms with van der Waals surface area (Å²) in [7, 11) is 0. The predicted molar refractivity (Wildman–Crippen MR) is 77.3 cm³/mol. The average Bonchev–Trinajstić information content (AvgIpc) is 2.81. The Labute approximate surface area is 120 Å². The Hall–Kier alpha value is -1.07. The Morgan fingerprint density at radius 2 is 2.42 bits per heavy atom. The minimum atomic E-state index is -0.0335. The van der Waals surface area contributed by atoms with E-state index in [9.17, 15) is 4.79 Å². The molecule has 2 rings (SSSR count). The van der Waals surface area contributed by atoms with E-state index >= 15 is 0 Å². The summed E-state index contributed by atoms with van der Waals surface area (Å²) in [4.78, 5) is 12.1. The number of hydrogen-bond acceptors (Lipinski definition) is 3. The summed E-state index contributed by atoms with van der Waals surface area (Å²) in [6.45, 7) is 5.86. The molecule has 0 aliphatic carbocycles. The molecule has 2 heterocycles. The van der Waals surface area contributed by atoms with Gasteiger partial charge in [-0.25, -0.2) is 0 Å². The molecule has 1 aliphatic rings. The Morgan fingerprint density at radius 1 is 1.63 bits per heavy atom. The van der Waals surface area contributed by atoms with Crippen LogP contribution in [-0.4, -0.2) is 34.3 Å². The van der Waals surface area contributed by atoms with Crippen LogP contribution in [0.15, 0.2) is 18.5 Å². The molecular formula is C13H23ClN4O. The topological polar surface area (TPSA) is 59.0 Å². The van der Waals surface area contributed by atoms with Crippen molar-refractivity contribution in [1.29, 1.82) is 0 Å². The van der Waals surface area contributed by atoms with Gasteiger partial charge in [0.25, 0.3) is 0 Å². The number of rotatable bonds is 4. The normalized spacial score (nSPS) is 24.3. The average molecular weight is 287 g/mol. The highest BCUT2D eigenvalue weighted by Crippen LogP contribution is 2.15. The van der Waals surface area contributed by atoms with Crippen molar-refractivity contribution < 1.29 is 4.79 Å². The maximum absolute atomic E-state index is 12.1. The standard InChI is InChI=1S/C13H22N4O.ClH/c1-10-4-6-14-12(8-10)13(18)16-11(2)9-17-7-3-5-15-17;/h3,5,7,10-12,14H,4,6,8-9H2,1-2H3,(H,16,18);1H. The third-order valence-electron chi connectivity index (χ3n) is 3.39. The maximum Gasteiger partial charge on any atom is 0.237 e. The van der Waals surface area contributed by atoms with Gasteiger partial charge in [-0.15, -0.1) is 12.4 Å². The van der Waals surface area contributed by atoms with Gasteiger partial charge in [0.1, 0.15) is 0 Å². The van der Waals surface area contributed by atoms with Crippen LogP contribution in [0.25, 0.3) is 0 Å². The monoisotopic (exact) mass is 286 g/mol. The summed E-state index contributed by atoms with van der Waals surface area (Å²) in [5, 5.41) is 10.5. The fourth-order valence-corrected chi connectivity index (χ4v) is 2.39. The number of halogens is 1. The van der Waals surface area contributed by atoms with E-state index in [4.69, 9.17) is 0 Å². The zero-order valence-corrected chi connectivity index (χ0v) is 12.3. The van der Waals surface area contributed by atoms with Crippen molar-refractivity contribution in [3.8, 4) is 0 Å². The van der Waals surface area contributed by atoms with Crippen LogP contribution in [0, 0.1) is 5.92 Å². The van der Waals surface area contributed by atoms with Gasteiger partial charge < -0.3 is 10.6 Å². The van der Waals surface area contributed by atoms with Crippen LogP contribution in [0.2, 0.25) is 0 Å². The number of nitrogens with one attached hydrogen (secondary N) is 2. The van der Waals surface area contributed by atoms with E-state index in [1.807, 2.05) is 23.9 Å². The zero-order valence-electron chi connectivity index (χ0n) is 11.5. The van der Waals surface area contributed by atoms with Crippen molar-refractivity contribution in [1.82, 2.24) is 20.4 Å². The van der Waals surface area contributed by atoms with Crippen LogP contribution in [0.4, 0.5) is 0 Å². The molecule has 0 aromatic carbocycles. The van der Waals surface area contributed by atoms with Crippen molar-refractivity contribution in [2.45, 2.75) is 45.3 Å². The second kappa shape index (κ2) is 7.50. The van der Waals surface area contributed by atoms with Crippen molar-refractivity contribution in [2.75, 3.05) is 6.54 Å². The summed E-state index contributed by atoms with van der Waals surface area (Å²) in [6, 6.07) is 1.95. The van der Waals surface area contributed by atoms with E-state index in [2.05, 4.69) is 22.7 Å². The molecule has 1 fully saturated rings. The molecule has 3 atom stereocenters. The highest BCUT2D eigenvalue weighted by atomic mass is 35.5. The van der Waals surface area contributed by atoms with Gasteiger partial charge in [-0.05, 0) is 38.3 Å². The molecule has 5 nitrogen and oxygen atoms in total. The summed E-state index contributed by atoms with van der Waals surface area (Å²) in [5.41, 5.74) is 0. The summed E-state index contributed by atoms with van der Waals surface area (Å²) < 4.78 is 1.84. The minimum absolute atomic E-state index is 0. The lowest BCUT2D eigenvalue weighted by atomic mass is 9.94. The molecule has 1 saturated heterocycles. The largest absolute Gasteiger partial charge is 0.350 e. The minimum Gasteiger partial charge on any atom is -0.350 e. The summed E-state index contributed by atoms with van der Waals surface area (Å²) in [6.07, 6.45) is 5.75. The number of amides is 1. The summed E-state index contributed by atoms with van der Waals surface area (Å²) in [5.74, 6) is 0.740. The Bertz CT molecular complexity index is 382. The van der Waals surface area contributed by atoms with Crippen LogP contribution in [0.1, 0.15) is 26.7 Å². The van der Waals surface area contributed by atoms with Crippen LogP contribution >= 0.6 is 12.4 Å². The molecule has 2 N–H and O–H groups in total. The molecule has 1 aliphatic heterocycles. The van der Waals surface area contributed by atoms with Gasteiger partial charge in [-0.3, -0.25) is 9.48 Å². The Morgan fingerprint density at radius 3 is 3.05 bits per heavy atom. The van der Waals surface area contributed by atoms with Crippen LogP contribution in [0.5, 0.6) is 0 Å². The van der Waals surface area contributed by atoms with Crippen molar-refractivity contribution in [3.63, 3.8) is 0 Å². The fraction of sp³-hybridized carbons (Fsp3) is 0.692. The lowest BCUT2D eigenvalue weighted by molar-refractivity contribution is -0.124. The third kappa shape index (κ3) is 4.84. The van der Waals surface area contributed by atoms with Gasteiger partial charge >= 0.3 is 0 Å². The molecule has 0 saturated carbocycles. The number of aromatic nitrogens is 2. The molecule has 6 heteroatoms. The van der Waals surface area contributed by atoms with E-state index in [0.29, 0.717) is 12.5 Å². The van der Waals surface area contributed by atoms with Gasteiger partial charge in [0.15, 0.2) is 0 Å². The number of piperidine rings is 1. The van der Waals surface area contributed by atoms with E-state index in [-0.39, 0.29) is 30.4 Å². The van der Waals surface area contributed by atoms with E-state index in [1.54, 1.807) is 6.20 Å². The second-order valence-corrected chi connectivity index (χ2v) is 5.27. The fourth-order valence-electron chi connectivity index (χ4n) is 2.39. The number of hydrogen-bond donors (Lipinski definition) is 2. The predicted octanol–water partition coefficient (Wildman–Crippen LogP) is 1.20. The third-order valence-corrected chi connectivity index (χ3v) is 3.39. The first kappa shape index (κ1) is 16.0. The molecule has 0 spiro atoms. The van der Waals surface area contributed by atoms with E-state index in [0.717, 1.165) is 19.4 Å². The van der Waals surface area contributed by atoms with E-state index < -0.39 is 0 Å². The Kier molecular flexibility index (Phi) is 6.31. The molecule has 1 aromatic rings. The first-order valence-corrected chi connectivity index (χ1v) is 6.66. The smallest absolute Gasteiger partial charge is 0.237 e. The van der Waals surface area contributed by atoms with Crippen LogP contribution in [0.3, 0.4) is 0 Å². The number of carbonyl (C=O) groups excluding carboxylic acids is 1. The lowest BCUT2D eigenvalue weighted by Crippen LogP contribution is -2.51. The highest BCUT2D eigenvalue weighted by Gasteiger charge is 2.25. The van der Waals surface area contributed by atoms with E-state index in [1.165, 1.54) is 0 Å². The lowest BCUT2D eigenvalue weighted by Gasteiger charge is -2.28. The molecule has 0 radical (unpaired) electrons. The van der Waals surface area contributed by atoms with Gasteiger partial charge in [-0.2, -0.15) is 5.10 Å². The molecular weight excluding hydrogens is 264 g/mol. The molecule has 19 heavy (non-hydrogen) atoms. The van der Waals surface area contributed by atoms with Crippen molar-refractivity contribution >= 4 is 18.3 Å². The Balaban J connectivity index is 0.00000180. The van der Waals surface area contributed by atoms with Gasteiger partial charge in [0.2, 0.25) is 5.91 Å². The first-order valence-electron chi connectivity index (χ1n) is 6.66.